The van der Waals surface area contributed by atoms with Gasteiger partial charge in [-0.1, -0.05) is 6.92 Å². The molecule has 1 aromatic rings. The molecule has 1 fully saturated rings. The van der Waals surface area contributed by atoms with Crippen molar-refractivity contribution in [3.8, 4) is 0 Å². The summed E-state index contributed by atoms with van der Waals surface area (Å²) in [5.74, 6) is -0.630. The summed E-state index contributed by atoms with van der Waals surface area (Å²) < 4.78 is 0. The highest BCUT2D eigenvalue weighted by Gasteiger charge is 2.41. The zero-order valence-electron chi connectivity index (χ0n) is 11.8. The van der Waals surface area contributed by atoms with Crippen molar-refractivity contribution in [3.05, 3.63) is 29.3 Å². The summed E-state index contributed by atoms with van der Waals surface area (Å²) in [6.07, 6.45) is 1.66. The molecule has 2 atom stereocenters. The number of hydrogen-bond donors (Lipinski definition) is 2. The van der Waals surface area contributed by atoms with Crippen molar-refractivity contribution >= 4 is 29.3 Å². The molecular weight excluding hydrogens is 288 g/mol. The summed E-state index contributed by atoms with van der Waals surface area (Å²) >= 11 is 1.55. The molecule has 21 heavy (non-hydrogen) atoms. The summed E-state index contributed by atoms with van der Waals surface area (Å²) in [5, 5.41) is 12.5. The number of amides is 1. The number of carboxylic acid groups (broad SMARTS) is 1. The zero-order chi connectivity index (χ0) is 15.0. The number of rotatable bonds is 3. The van der Waals surface area contributed by atoms with Crippen molar-refractivity contribution in [3.63, 3.8) is 0 Å². The van der Waals surface area contributed by atoms with Crippen LogP contribution < -0.4 is 5.32 Å². The fourth-order valence-corrected chi connectivity index (χ4v) is 4.27. The van der Waals surface area contributed by atoms with Gasteiger partial charge in [-0.05, 0) is 36.6 Å². The van der Waals surface area contributed by atoms with Gasteiger partial charge in [0.15, 0.2) is 0 Å². The van der Waals surface area contributed by atoms with Crippen LogP contribution in [0.1, 0.15) is 29.3 Å². The molecule has 2 unspecified atom stereocenters. The predicted molar refractivity (Wildman–Crippen MR) is 82.8 cm³/mol. The molecule has 1 amide bonds. The van der Waals surface area contributed by atoms with E-state index in [0.717, 1.165) is 30.6 Å². The SMILES string of the molecule is CCC1SCC(C(=O)O)N1C(=O)c1ccc2c(c1)CCN2. The Labute approximate surface area is 127 Å². The zero-order valence-corrected chi connectivity index (χ0v) is 12.7. The summed E-state index contributed by atoms with van der Waals surface area (Å²) in [4.78, 5) is 25.7. The molecule has 6 heteroatoms. The highest BCUT2D eigenvalue weighted by Crippen LogP contribution is 2.33. The summed E-state index contributed by atoms with van der Waals surface area (Å²) in [7, 11) is 0. The van der Waals surface area contributed by atoms with E-state index in [4.69, 9.17) is 0 Å². The predicted octanol–water partition coefficient (Wildman–Crippen LogP) is 2.03. The van der Waals surface area contributed by atoms with Crippen LogP contribution in [0.15, 0.2) is 18.2 Å². The Balaban J connectivity index is 1.90. The van der Waals surface area contributed by atoms with Crippen LogP contribution in [0, 0.1) is 0 Å². The maximum Gasteiger partial charge on any atom is 0.327 e. The summed E-state index contributed by atoms with van der Waals surface area (Å²) in [5.41, 5.74) is 2.79. The molecule has 2 N–H and O–H groups in total. The number of nitrogens with zero attached hydrogens (tertiary/aromatic N) is 1. The first-order valence-corrected chi connectivity index (χ1v) is 8.20. The maximum absolute atomic E-state index is 12.8. The van der Waals surface area contributed by atoms with E-state index in [1.54, 1.807) is 17.8 Å². The molecule has 1 saturated heterocycles. The van der Waals surface area contributed by atoms with Gasteiger partial charge in [0.1, 0.15) is 6.04 Å². The largest absolute Gasteiger partial charge is 0.480 e. The van der Waals surface area contributed by atoms with E-state index in [1.165, 1.54) is 4.90 Å². The van der Waals surface area contributed by atoms with Gasteiger partial charge in [0.05, 0.1) is 5.37 Å². The quantitative estimate of drug-likeness (QED) is 0.894. The second kappa shape index (κ2) is 5.60. The fourth-order valence-electron chi connectivity index (χ4n) is 2.93. The molecule has 2 aliphatic rings. The number of benzene rings is 1. The summed E-state index contributed by atoms with van der Waals surface area (Å²) in [6.45, 7) is 2.87. The molecule has 0 radical (unpaired) electrons. The Bertz CT molecular complexity index is 590. The van der Waals surface area contributed by atoms with E-state index in [9.17, 15) is 14.7 Å². The number of carbonyl (C=O) groups excluding carboxylic acids is 1. The number of carboxylic acids is 1. The Morgan fingerprint density at radius 1 is 1.48 bits per heavy atom. The molecule has 5 nitrogen and oxygen atoms in total. The van der Waals surface area contributed by atoms with Crippen LogP contribution in [0.4, 0.5) is 5.69 Å². The van der Waals surface area contributed by atoms with Crippen molar-refractivity contribution in [1.29, 1.82) is 0 Å². The highest BCUT2D eigenvalue weighted by molar-refractivity contribution is 8.00. The van der Waals surface area contributed by atoms with Gasteiger partial charge in [-0.2, -0.15) is 0 Å². The van der Waals surface area contributed by atoms with Crippen molar-refractivity contribution in [2.75, 3.05) is 17.6 Å². The number of carbonyl (C=O) groups is 2. The van der Waals surface area contributed by atoms with Crippen molar-refractivity contribution in [2.45, 2.75) is 31.2 Å². The van der Waals surface area contributed by atoms with Gasteiger partial charge < -0.3 is 15.3 Å². The molecule has 1 aromatic carbocycles. The number of fused-ring (bicyclic) bond motifs is 1. The lowest BCUT2D eigenvalue weighted by Crippen LogP contribution is -2.45. The lowest BCUT2D eigenvalue weighted by molar-refractivity contribution is -0.141. The van der Waals surface area contributed by atoms with E-state index >= 15 is 0 Å². The smallest absolute Gasteiger partial charge is 0.327 e. The Hall–Kier alpha value is -1.69. The third-order valence-electron chi connectivity index (χ3n) is 4.02. The molecule has 0 bridgehead atoms. The average molecular weight is 306 g/mol. The van der Waals surface area contributed by atoms with Gasteiger partial charge in [-0.25, -0.2) is 4.79 Å². The highest BCUT2D eigenvalue weighted by atomic mass is 32.2. The molecule has 0 aromatic heterocycles. The summed E-state index contributed by atoms with van der Waals surface area (Å²) in [6, 6.07) is 4.87. The van der Waals surface area contributed by atoms with Gasteiger partial charge in [-0.15, -0.1) is 11.8 Å². The van der Waals surface area contributed by atoms with Gasteiger partial charge in [0.2, 0.25) is 0 Å². The number of anilines is 1. The number of hydrogen-bond acceptors (Lipinski definition) is 4. The topological polar surface area (TPSA) is 69.6 Å². The van der Waals surface area contributed by atoms with Gasteiger partial charge in [-0.3, -0.25) is 4.79 Å². The van der Waals surface area contributed by atoms with Gasteiger partial charge in [0, 0.05) is 23.5 Å². The van der Waals surface area contributed by atoms with Crippen molar-refractivity contribution in [1.82, 2.24) is 4.90 Å². The van der Waals surface area contributed by atoms with E-state index < -0.39 is 12.0 Å². The van der Waals surface area contributed by atoms with Crippen LogP contribution in [-0.4, -0.2) is 45.6 Å². The van der Waals surface area contributed by atoms with Crippen LogP contribution in [0.25, 0.3) is 0 Å². The number of thioether (sulfide) groups is 1. The van der Waals surface area contributed by atoms with Crippen molar-refractivity contribution < 1.29 is 14.7 Å². The average Bonchev–Trinajstić information content (AvgIpc) is 3.11. The molecule has 3 rings (SSSR count). The molecule has 2 aliphatic heterocycles. The maximum atomic E-state index is 12.8. The first kappa shape index (κ1) is 14.3. The Morgan fingerprint density at radius 3 is 3.00 bits per heavy atom. The Kier molecular flexibility index (Phi) is 3.80. The van der Waals surface area contributed by atoms with Crippen LogP contribution >= 0.6 is 11.8 Å². The normalized spacial score (nSPS) is 23.8. The number of aliphatic carboxylic acids is 1. The third-order valence-corrected chi connectivity index (χ3v) is 5.48. The van der Waals surface area contributed by atoms with E-state index in [0.29, 0.717) is 11.3 Å². The molecule has 0 spiro atoms. The first-order chi connectivity index (χ1) is 10.1. The molecular formula is C15H18N2O3S. The van der Waals surface area contributed by atoms with E-state index in [2.05, 4.69) is 5.32 Å². The molecule has 2 heterocycles. The van der Waals surface area contributed by atoms with Gasteiger partial charge in [0.25, 0.3) is 5.91 Å². The molecule has 0 saturated carbocycles. The minimum absolute atomic E-state index is 0.0509. The van der Waals surface area contributed by atoms with Crippen LogP contribution in [0.2, 0.25) is 0 Å². The van der Waals surface area contributed by atoms with Gasteiger partial charge >= 0.3 is 5.97 Å². The van der Waals surface area contributed by atoms with Crippen LogP contribution in [0.3, 0.4) is 0 Å². The van der Waals surface area contributed by atoms with Crippen molar-refractivity contribution in [2.24, 2.45) is 0 Å². The van der Waals surface area contributed by atoms with Crippen LogP contribution in [-0.2, 0) is 11.2 Å². The lowest BCUT2D eigenvalue weighted by Gasteiger charge is -2.26. The second-order valence-electron chi connectivity index (χ2n) is 5.31. The minimum Gasteiger partial charge on any atom is -0.480 e. The number of nitrogens with one attached hydrogen (secondary N) is 1. The van der Waals surface area contributed by atoms with E-state index in [1.807, 2.05) is 19.1 Å². The standard InChI is InChI=1S/C15H18N2O3S/c1-2-13-17(12(8-21-13)15(19)20)14(18)10-3-4-11-9(7-10)5-6-16-11/h3-4,7,12-13,16H,2,5-6,8H2,1H3,(H,19,20). The molecule has 0 aliphatic carbocycles. The monoisotopic (exact) mass is 306 g/mol. The van der Waals surface area contributed by atoms with E-state index in [-0.39, 0.29) is 11.3 Å². The Morgan fingerprint density at radius 2 is 2.29 bits per heavy atom. The third kappa shape index (κ3) is 2.48. The molecule has 112 valence electrons. The van der Waals surface area contributed by atoms with Crippen LogP contribution in [0.5, 0.6) is 0 Å². The fraction of sp³-hybridized carbons (Fsp3) is 0.467. The minimum atomic E-state index is -0.922. The lowest BCUT2D eigenvalue weighted by atomic mass is 10.1. The second-order valence-corrected chi connectivity index (χ2v) is 6.52. The first-order valence-electron chi connectivity index (χ1n) is 7.15.